The van der Waals surface area contributed by atoms with E-state index in [0.29, 0.717) is 6.04 Å². The summed E-state index contributed by atoms with van der Waals surface area (Å²) in [7, 11) is 0. The molecule has 24 heavy (non-hydrogen) atoms. The van der Waals surface area contributed by atoms with Gasteiger partial charge in [-0.2, -0.15) is 0 Å². The minimum atomic E-state index is 0.0135. The number of aromatic amines is 1. The van der Waals surface area contributed by atoms with Gasteiger partial charge in [0.2, 0.25) is 0 Å². The van der Waals surface area contributed by atoms with Gasteiger partial charge in [-0.15, -0.1) is 0 Å². The monoisotopic (exact) mass is 318 g/mol. The van der Waals surface area contributed by atoms with E-state index in [1.54, 1.807) is 0 Å². The number of H-pyrrole nitrogens is 1. The smallest absolute Gasteiger partial charge is 0.305 e. The summed E-state index contributed by atoms with van der Waals surface area (Å²) in [5.41, 5.74) is 4.12. The molecule has 3 heteroatoms. The number of nitrogens with zero attached hydrogens (tertiary/aromatic N) is 1. The molecule has 1 aromatic heterocycles. The minimum Gasteiger partial charge on any atom is -0.305 e. The Morgan fingerprint density at radius 2 is 1.38 bits per heavy atom. The second-order valence-corrected chi connectivity index (χ2v) is 6.55. The first-order valence-electron chi connectivity index (χ1n) is 8.80. The van der Waals surface area contributed by atoms with Gasteiger partial charge >= 0.3 is 5.69 Å². The molecular weight excluding hydrogens is 296 g/mol. The lowest BCUT2D eigenvalue weighted by atomic mass is 9.94. The molecule has 1 aliphatic rings. The molecule has 1 N–H and O–H groups in total. The van der Waals surface area contributed by atoms with E-state index < -0.39 is 0 Å². The van der Waals surface area contributed by atoms with Gasteiger partial charge in [-0.3, -0.25) is 4.57 Å². The molecule has 0 amide bonds. The van der Waals surface area contributed by atoms with Gasteiger partial charge in [0.25, 0.3) is 0 Å². The SMILES string of the molecule is O=c1[nH]c(-c2ccccc2)c(-c2ccccc2)n1C1CCCCC1. The van der Waals surface area contributed by atoms with E-state index >= 15 is 0 Å². The van der Waals surface area contributed by atoms with Crippen molar-refractivity contribution in [1.82, 2.24) is 9.55 Å². The van der Waals surface area contributed by atoms with Crippen LogP contribution in [-0.2, 0) is 0 Å². The van der Waals surface area contributed by atoms with Crippen molar-refractivity contribution in [3.63, 3.8) is 0 Å². The molecule has 0 radical (unpaired) electrons. The first-order valence-corrected chi connectivity index (χ1v) is 8.80. The van der Waals surface area contributed by atoms with Gasteiger partial charge in [0.15, 0.2) is 0 Å². The fourth-order valence-corrected chi connectivity index (χ4v) is 3.83. The Balaban J connectivity index is 1.93. The highest BCUT2D eigenvalue weighted by Gasteiger charge is 2.24. The second kappa shape index (κ2) is 6.52. The number of aromatic nitrogens is 2. The summed E-state index contributed by atoms with van der Waals surface area (Å²) < 4.78 is 2.01. The third kappa shape index (κ3) is 2.71. The van der Waals surface area contributed by atoms with Crippen molar-refractivity contribution >= 4 is 0 Å². The number of benzene rings is 2. The van der Waals surface area contributed by atoms with Crippen molar-refractivity contribution in [1.29, 1.82) is 0 Å². The van der Waals surface area contributed by atoms with E-state index in [9.17, 15) is 4.79 Å². The maximum atomic E-state index is 12.8. The summed E-state index contributed by atoms with van der Waals surface area (Å²) >= 11 is 0. The molecule has 2 aromatic carbocycles. The summed E-state index contributed by atoms with van der Waals surface area (Å²) in [6.07, 6.45) is 5.87. The molecule has 0 saturated heterocycles. The van der Waals surface area contributed by atoms with Crippen LogP contribution in [0.3, 0.4) is 0 Å². The average molecular weight is 318 g/mol. The fourth-order valence-electron chi connectivity index (χ4n) is 3.83. The van der Waals surface area contributed by atoms with Gasteiger partial charge in [-0.25, -0.2) is 4.79 Å². The zero-order valence-corrected chi connectivity index (χ0v) is 13.7. The topological polar surface area (TPSA) is 37.8 Å². The molecule has 1 saturated carbocycles. The maximum absolute atomic E-state index is 12.8. The molecule has 1 fully saturated rings. The zero-order valence-electron chi connectivity index (χ0n) is 13.7. The van der Waals surface area contributed by atoms with Gasteiger partial charge in [0.1, 0.15) is 0 Å². The average Bonchev–Trinajstić information content (AvgIpc) is 3.01. The Morgan fingerprint density at radius 1 is 0.792 bits per heavy atom. The van der Waals surface area contributed by atoms with Gasteiger partial charge in [-0.1, -0.05) is 79.9 Å². The lowest BCUT2D eigenvalue weighted by Crippen LogP contribution is -2.24. The zero-order chi connectivity index (χ0) is 16.4. The fraction of sp³-hybridized carbons (Fsp3) is 0.286. The van der Waals surface area contributed by atoms with Gasteiger partial charge < -0.3 is 4.98 Å². The van der Waals surface area contributed by atoms with Crippen LogP contribution in [0.5, 0.6) is 0 Å². The Labute approximate surface area is 142 Å². The molecule has 0 bridgehead atoms. The predicted octanol–water partition coefficient (Wildman–Crippen LogP) is 5.02. The lowest BCUT2D eigenvalue weighted by molar-refractivity contribution is 0.349. The highest BCUT2D eigenvalue weighted by atomic mass is 16.1. The molecular formula is C21H22N2O. The largest absolute Gasteiger partial charge is 0.326 e. The van der Waals surface area contributed by atoms with Crippen LogP contribution in [0, 0.1) is 0 Å². The quantitative estimate of drug-likeness (QED) is 0.724. The van der Waals surface area contributed by atoms with Gasteiger partial charge in [0.05, 0.1) is 11.4 Å². The highest BCUT2D eigenvalue weighted by Crippen LogP contribution is 2.35. The summed E-state index contributed by atoms with van der Waals surface area (Å²) in [5, 5.41) is 0. The van der Waals surface area contributed by atoms with E-state index in [0.717, 1.165) is 35.4 Å². The van der Waals surface area contributed by atoms with Crippen LogP contribution in [0.15, 0.2) is 65.5 Å². The number of hydrogen-bond acceptors (Lipinski definition) is 1. The van der Waals surface area contributed by atoms with Crippen molar-refractivity contribution in [2.45, 2.75) is 38.1 Å². The summed E-state index contributed by atoms with van der Waals surface area (Å²) in [6, 6.07) is 20.7. The molecule has 0 unspecified atom stereocenters. The predicted molar refractivity (Wildman–Crippen MR) is 98.0 cm³/mol. The number of imidazole rings is 1. The van der Waals surface area contributed by atoms with Crippen molar-refractivity contribution in [2.75, 3.05) is 0 Å². The Hall–Kier alpha value is -2.55. The molecule has 1 heterocycles. The second-order valence-electron chi connectivity index (χ2n) is 6.55. The Kier molecular flexibility index (Phi) is 4.08. The first kappa shape index (κ1) is 15.0. The van der Waals surface area contributed by atoms with E-state index in [1.807, 2.05) is 41.0 Å². The Bertz CT molecular complexity index is 856. The Morgan fingerprint density at radius 3 is 2.00 bits per heavy atom. The molecule has 3 aromatic rings. The first-order chi connectivity index (χ1) is 11.8. The van der Waals surface area contributed by atoms with E-state index in [1.165, 1.54) is 19.3 Å². The van der Waals surface area contributed by atoms with Crippen LogP contribution in [0.25, 0.3) is 22.5 Å². The third-order valence-electron chi connectivity index (χ3n) is 4.98. The minimum absolute atomic E-state index is 0.0135. The normalized spacial score (nSPS) is 15.5. The van der Waals surface area contributed by atoms with Crippen LogP contribution in [0.2, 0.25) is 0 Å². The summed E-state index contributed by atoms with van der Waals surface area (Å²) in [5.74, 6) is 0. The van der Waals surface area contributed by atoms with E-state index in [2.05, 4.69) is 29.2 Å². The maximum Gasteiger partial charge on any atom is 0.326 e. The van der Waals surface area contributed by atoms with Crippen LogP contribution in [0.1, 0.15) is 38.1 Å². The summed E-state index contributed by atoms with van der Waals surface area (Å²) in [4.78, 5) is 15.9. The standard InChI is InChI=1S/C21H22N2O/c24-21-22-19(16-10-4-1-5-11-16)20(17-12-6-2-7-13-17)23(21)18-14-8-3-9-15-18/h1-2,4-7,10-13,18H,3,8-9,14-15H2,(H,22,24). The van der Waals surface area contributed by atoms with Crippen LogP contribution >= 0.6 is 0 Å². The number of hydrogen-bond donors (Lipinski definition) is 1. The molecule has 3 nitrogen and oxygen atoms in total. The molecule has 1 aliphatic carbocycles. The molecule has 0 aliphatic heterocycles. The van der Waals surface area contributed by atoms with E-state index in [-0.39, 0.29) is 5.69 Å². The molecule has 0 spiro atoms. The van der Waals surface area contributed by atoms with Gasteiger partial charge in [-0.05, 0) is 12.8 Å². The molecule has 0 atom stereocenters. The van der Waals surface area contributed by atoms with Crippen LogP contribution in [-0.4, -0.2) is 9.55 Å². The van der Waals surface area contributed by atoms with Crippen LogP contribution in [0.4, 0.5) is 0 Å². The van der Waals surface area contributed by atoms with Gasteiger partial charge in [0, 0.05) is 17.2 Å². The number of nitrogens with one attached hydrogen (secondary N) is 1. The van der Waals surface area contributed by atoms with Crippen molar-refractivity contribution in [3.8, 4) is 22.5 Å². The molecule has 122 valence electrons. The number of rotatable bonds is 3. The third-order valence-corrected chi connectivity index (χ3v) is 4.98. The van der Waals surface area contributed by atoms with Crippen LogP contribution < -0.4 is 5.69 Å². The van der Waals surface area contributed by atoms with Crippen molar-refractivity contribution in [3.05, 3.63) is 71.1 Å². The van der Waals surface area contributed by atoms with Crippen molar-refractivity contribution in [2.24, 2.45) is 0 Å². The summed E-state index contributed by atoms with van der Waals surface area (Å²) in [6.45, 7) is 0. The lowest BCUT2D eigenvalue weighted by Gasteiger charge is -2.24. The molecule has 4 rings (SSSR count). The van der Waals surface area contributed by atoms with Crippen molar-refractivity contribution < 1.29 is 0 Å². The highest BCUT2D eigenvalue weighted by molar-refractivity contribution is 5.78. The van der Waals surface area contributed by atoms with E-state index in [4.69, 9.17) is 0 Å².